The maximum absolute atomic E-state index is 8.91. The molecule has 0 unspecified atom stereocenters. The third-order valence-electron chi connectivity index (χ3n) is 7.10. The molecule has 0 saturated carbocycles. The minimum absolute atomic E-state index is 0.346. The Bertz CT molecular complexity index is 274. The Labute approximate surface area is 189 Å². The van der Waals surface area contributed by atoms with Crippen LogP contribution in [0, 0.1) is 5.41 Å². The quantitative estimate of drug-likeness (QED) is 0.131. The average molecular weight is 429 g/mol. The number of hydrogen-bond donors (Lipinski definition) is 3. The Balaban J connectivity index is 4.23. The summed E-state index contributed by atoms with van der Waals surface area (Å²) < 4.78 is 0. The number of aliphatic hydroxyl groups is 3. The maximum atomic E-state index is 8.91. The van der Waals surface area contributed by atoms with Gasteiger partial charge in [0.2, 0.25) is 0 Å². The van der Waals surface area contributed by atoms with Crippen LogP contribution >= 0.6 is 0 Å². The van der Waals surface area contributed by atoms with Gasteiger partial charge in [0.15, 0.2) is 0 Å². The van der Waals surface area contributed by atoms with Gasteiger partial charge >= 0.3 is 0 Å². The summed E-state index contributed by atoms with van der Waals surface area (Å²) >= 11 is 0. The van der Waals surface area contributed by atoms with Crippen molar-refractivity contribution in [3.63, 3.8) is 0 Å². The first-order valence-corrected chi connectivity index (χ1v) is 13.6. The molecule has 3 heteroatoms. The molecule has 0 atom stereocenters. The number of rotatable bonds is 25. The lowest BCUT2D eigenvalue weighted by Gasteiger charge is -2.34. The van der Waals surface area contributed by atoms with Crippen molar-refractivity contribution in [2.45, 2.75) is 148 Å². The van der Waals surface area contributed by atoms with Gasteiger partial charge in [0, 0.05) is 19.8 Å². The van der Waals surface area contributed by atoms with Crippen LogP contribution < -0.4 is 0 Å². The van der Waals surface area contributed by atoms with Crippen LogP contribution in [0.1, 0.15) is 148 Å². The van der Waals surface area contributed by atoms with Gasteiger partial charge < -0.3 is 15.3 Å². The molecule has 0 aromatic heterocycles. The molecular formula is C27H56O3. The topological polar surface area (TPSA) is 60.7 Å². The lowest BCUT2D eigenvalue weighted by atomic mass is 9.72. The Kier molecular flexibility index (Phi) is 23.4. The van der Waals surface area contributed by atoms with E-state index < -0.39 is 0 Å². The monoisotopic (exact) mass is 428 g/mol. The number of hydrogen-bond acceptors (Lipinski definition) is 3. The smallest absolute Gasteiger partial charge is 0.0431 e. The van der Waals surface area contributed by atoms with Gasteiger partial charge in [-0.05, 0) is 43.9 Å². The van der Waals surface area contributed by atoms with Crippen molar-refractivity contribution in [1.82, 2.24) is 0 Å². The second kappa shape index (κ2) is 23.5. The van der Waals surface area contributed by atoms with E-state index in [-0.39, 0.29) is 0 Å². The Morgan fingerprint density at radius 1 is 0.367 bits per heavy atom. The molecule has 0 amide bonds. The summed E-state index contributed by atoms with van der Waals surface area (Å²) in [6, 6.07) is 0. The van der Waals surface area contributed by atoms with E-state index in [2.05, 4.69) is 6.92 Å². The molecule has 30 heavy (non-hydrogen) atoms. The van der Waals surface area contributed by atoms with Crippen molar-refractivity contribution in [3.05, 3.63) is 0 Å². The normalized spacial score (nSPS) is 12.0. The van der Waals surface area contributed by atoms with Crippen LogP contribution in [0.25, 0.3) is 0 Å². The lowest BCUT2D eigenvalue weighted by Crippen LogP contribution is -2.20. The van der Waals surface area contributed by atoms with Crippen LogP contribution in [0.2, 0.25) is 0 Å². The predicted octanol–water partition coefficient (Wildman–Crippen LogP) is 7.55. The molecule has 0 saturated heterocycles. The minimum atomic E-state index is 0.346. The Hall–Kier alpha value is -0.120. The highest BCUT2D eigenvalue weighted by Crippen LogP contribution is 2.40. The van der Waals surface area contributed by atoms with Crippen molar-refractivity contribution in [3.8, 4) is 0 Å². The first-order valence-electron chi connectivity index (χ1n) is 13.6. The van der Waals surface area contributed by atoms with E-state index in [1.54, 1.807) is 0 Å². The van der Waals surface area contributed by atoms with Gasteiger partial charge in [0.25, 0.3) is 0 Å². The zero-order valence-corrected chi connectivity index (χ0v) is 20.5. The molecule has 0 aliphatic rings. The maximum Gasteiger partial charge on any atom is 0.0431 e. The first-order chi connectivity index (χ1) is 14.7. The molecule has 0 fully saturated rings. The van der Waals surface area contributed by atoms with Crippen LogP contribution in [0.3, 0.4) is 0 Å². The van der Waals surface area contributed by atoms with Crippen molar-refractivity contribution in [2.75, 3.05) is 19.8 Å². The van der Waals surface area contributed by atoms with E-state index in [0.29, 0.717) is 25.2 Å². The van der Waals surface area contributed by atoms with Gasteiger partial charge in [-0.2, -0.15) is 0 Å². The molecule has 0 aromatic rings. The van der Waals surface area contributed by atoms with Crippen LogP contribution in [0.5, 0.6) is 0 Å². The third kappa shape index (κ3) is 18.6. The van der Waals surface area contributed by atoms with Crippen molar-refractivity contribution in [2.24, 2.45) is 5.41 Å². The first kappa shape index (κ1) is 29.9. The zero-order valence-electron chi connectivity index (χ0n) is 20.5. The third-order valence-corrected chi connectivity index (χ3v) is 7.10. The summed E-state index contributed by atoms with van der Waals surface area (Å²) in [5.74, 6) is 0. The van der Waals surface area contributed by atoms with E-state index in [1.165, 1.54) is 122 Å². The average Bonchev–Trinajstić information content (AvgIpc) is 2.76. The molecule has 0 heterocycles. The lowest BCUT2D eigenvalue weighted by molar-refractivity contribution is 0.186. The standard InChI is InChI=1S/C27H56O3/c1-2-27(21-15-9-3-6-12-18-24-28,22-16-10-4-7-13-19-25-29)23-17-11-5-8-14-20-26-30/h28-30H,2-26H2,1H3. The van der Waals surface area contributed by atoms with Crippen LogP contribution in [-0.4, -0.2) is 35.1 Å². The highest BCUT2D eigenvalue weighted by Gasteiger charge is 2.26. The van der Waals surface area contributed by atoms with E-state index in [4.69, 9.17) is 15.3 Å². The van der Waals surface area contributed by atoms with Crippen molar-refractivity contribution >= 4 is 0 Å². The molecular weight excluding hydrogens is 372 g/mol. The highest BCUT2D eigenvalue weighted by molar-refractivity contribution is 4.78. The summed E-state index contributed by atoms with van der Waals surface area (Å²) in [4.78, 5) is 0. The molecule has 3 N–H and O–H groups in total. The Morgan fingerprint density at radius 3 is 0.833 bits per heavy atom. The second-order valence-corrected chi connectivity index (χ2v) is 9.64. The summed E-state index contributed by atoms with van der Waals surface area (Å²) in [7, 11) is 0. The number of aliphatic hydroxyl groups excluding tert-OH is 3. The molecule has 0 radical (unpaired) electrons. The van der Waals surface area contributed by atoms with Crippen LogP contribution in [-0.2, 0) is 0 Å². The molecule has 0 aliphatic carbocycles. The van der Waals surface area contributed by atoms with Gasteiger partial charge in [0.05, 0.1) is 0 Å². The predicted molar refractivity (Wildman–Crippen MR) is 131 cm³/mol. The van der Waals surface area contributed by atoms with Crippen LogP contribution in [0.15, 0.2) is 0 Å². The second-order valence-electron chi connectivity index (χ2n) is 9.64. The molecule has 182 valence electrons. The van der Waals surface area contributed by atoms with E-state index in [0.717, 1.165) is 19.3 Å². The summed E-state index contributed by atoms with van der Waals surface area (Å²) in [6.45, 7) is 3.46. The van der Waals surface area contributed by atoms with Gasteiger partial charge in [-0.15, -0.1) is 0 Å². The van der Waals surface area contributed by atoms with Gasteiger partial charge in [-0.3, -0.25) is 0 Å². The zero-order chi connectivity index (χ0) is 22.2. The molecule has 0 bridgehead atoms. The highest BCUT2D eigenvalue weighted by atomic mass is 16.3. The summed E-state index contributed by atoms with van der Waals surface area (Å²) in [5, 5.41) is 26.7. The molecule has 0 spiro atoms. The van der Waals surface area contributed by atoms with Crippen molar-refractivity contribution < 1.29 is 15.3 Å². The molecule has 0 aliphatic heterocycles. The summed E-state index contributed by atoms with van der Waals surface area (Å²) in [6.07, 6.45) is 28.0. The SMILES string of the molecule is CCC(CCCCCCCCO)(CCCCCCCCO)CCCCCCCCO. The fourth-order valence-electron chi connectivity index (χ4n) is 4.86. The Morgan fingerprint density at radius 2 is 0.600 bits per heavy atom. The fraction of sp³-hybridized carbons (Fsp3) is 1.00. The molecule has 3 nitrogen and oxygen atoms in total. The molecule has 0 aromatic carbocycles. The van der Waals surface area contributed by atoms with Crippen LogP contribution in [0.4, 0.5) is 0 Å². The van der Waals surface area contributed by atoms with Crippen molar-refractivity contribution in [1.29, 1.82) is 0 Å². The van der Waals surface area contributed by atoms with E-state index in [9.17, 15) is 0 Å². The van der Waals surface area contributed by atoms with E-state index in [1.807, 2.05) is 0 Å². The largest absolute Gasteiger partial charge is 0.396 e. The van der Waals surface area contributed by atoms with Gasteiger partial charge in [0.1, 0.15) is 0 Å². The van der Waals surface area contributed by atoms with Gasteiger partial charge in [-0.25, -0.2) is 0 Å². The number of unbranched alkanes of at least 4 members (excludes halogenated alkanes) is 15. The summed E-state index contributed by atoms with van der Waals surface area (Å²) in [5.41, 5.74) is 0.557. The fourth-order valence-corrected chi connectivity index (χ4v) is 4.86. The van der Waals surface area contributed by atoms with E-state index >= 15 is 0 Å². The molecule has 0 rings (SSSR count). The minimum Gasteiger partial charge on any atom is -0.396 e. The van der Waals surface area contributed by atoms with Gasteiger partial charge in [-0.1, -0.05) is 110 Å².